The Hall–Kier alpha value is -2.05. The molecule has 0 unspecified atom stereocenters. The standard InChI is InChI=1S/C17H13ClF2O/c18-9-2-1-5-14-7-8-16(20)11-17(14)21-12-13-4-3-6-15(19)10-13/h3-4,6-8,10-11H,2,9,12H2. The summed E-state index contributed by atoms with van der Waals surface area (Å²) in [6.45, 7) is 0.144. The topological polar surface area (TPSA) is 9.23 Å². The summed E-state index contributed by atoms with van der Waals surface area (Å²) in [6.07, 6.45) is 0.544. The Kier molecular flexibility index (Phi) is 5.59. The second kappa shape index (κ2) is 7.66. The summed E-state index contributed by atoms with van der Waals surface area (Å²) in [6, 6.07) is 10.2. The first-order valence-electron chi connectivity index (χ1n) is 6.40. The lowest BCUT2D eigenvalue weighted by molar-refractivity contribution is 0.303. The molecule has 2 aromatic carbocycles. The van der Waals surface area contributed by atoms with Crippen LogP contribution < -0.4 is 4.74 Å². The zero-order chi connectivity index (χ0) is 15.1. The quantitative estimate of drug-likeness (QED) is 0.596. The van der Waals surface area contributed by atoms with Crippen LogP contribution in [-0.2, 0) is 6.61 Å². The van der Waals surface area contributed by atoms with Gasteiger partial charge in [-0.25, -0.2) is 8.78 Å². The Labute approximate surface area is 127 Å². The van der Waals surface area contributed by atoms with Crippen molar-refractivity contribution < 1.29 is 13.5 Å². The largest absolute Gasteiger partial charge is 0.487 e. The summed E-state index contributed by atoms with van der Waals surface area (Å²) in [5, 5.41) is 0. The SMILES string of the molecule is Fc1cccc(COc2cc(F)ccc2C#CCCCl)c1. The second-order valence-electron chi connectivity index (χ2n) is 4.30. The van der Waals surface area contributed by atoms with Crippen LogP contribution in [0, 0.1) is 23.5 Å². The zero-order valence-corrected chi connectivity index (χ0v) is 12.0. The predicted octanol–water partition coefficient (Wildman–Crippen LogP) is 4.52. The number of benzene rings is 2. The van der Waals surface area contributed by atoms with Crippen LogP contribution in [0.5, 0.6) is 5.75 Å². The molecule has 0 amide bonds. The zero-order valence-electron chi connectivity index (χ0n) is 11.2. The molecule has 108 valence electrons. The maximum atomic E-state index is 13.3. The average Bonchev–Trinajstić information content (AvgIpc) is 2.47. The molecule has 0 bridgehead atoms. The number of hydrogen-bond donors (Lipinski definition) is 0. The van der Waals surface area contributed by atoms with E-state index in [1.54, 1.807) is 18.2 Å². The molecule has 0 aliphatic heterocycles. The summed E-state index contributed by atoms with van der Waals surface area (Å²) in [5.74, 6) is 5.79. The van der Waals surface area contributed by atoms with Gasteiger partial charge in [-0.05, 0) is 29.8 Å². The molecule has 0 saturated heterocycles. The van der Waals surface area contributed by atoms with Gasteiger partial charge < -0.3 is 4.74 Å². The van der Waals surface area contributed by atoms with E-state index in [0.29, 0.717) is 29.2 Å². The number of ether oxygens (including phenoxy) is 1. The van der Waals surface area contributed by atoms with Gasteiger partial charge in [0.05, 0.1) is 5.56 Å². The molecule has 0 spiro atoms. The molecule has 0 saturated carbocycles. The van der Waals surface area contributed by atoms with E-state index in [-0.39, 0.29) is 12.4 Å². The van der Waals surface area contributed by atoms with Crippen molar-refractivity contribution in [1.82, 2.24) is 0 Å². The molecule has 0 aromatic heterocycles. The van der Waals surface area contributed by atoms with E-state index in [1.165, 1.54) is 24.3 Å². The van der Waals surface area contributed by atoms with Crippen LogP contribution in [0.4, 0.5) is 8.78 Å². The lowest BCUT2D eigenvalue weighted by Crippen LogP contribution is -1.98. The number of halogens is 3. The molecule has 2 aromatic rings. The van der Waals surface area contributed by atoms with Crippen molar-refractivity contribution >= 4 is 11.6 Å². The van der Waals surface area contributed by atoms with Crippen molar-refractivity contribution in [1.29, 1.82) is 0 Å². The van der Waals surface area contributed by atoms with Crippen LogP contribution in [0.3, 0.4) is 0 Å². The van der Waals surface area contributed by atoms with Gasteiger partial charge in [-0.15, -0.1) is 11.6 Å². The Morgan fingerprint density at radius 3 is 2.62 bits per heavy atom. The predicted molar refractivity (Wildman–Crippen MR) is 79.3 cm³/mol. The van der Waals surface area contributed by atoms with Gasteiger partial charge in [-0.1, -0.05) is 24.0 Å². The van der Waals surface area contributed by atoms with E-state index in [9.17, 15) is 8.78 Å². The van der Waals surface area contributed by atoms with E-state index >= 15 is 0 Å². The number of rotatable bonds is 4. The van der Waals surface area contributed by atoms with Gasteiger partial charge in [0.25, 0.3) is 0 Å². The third-order valence-electron chi connectivity index (χ3n) is 2.67. The molecular formula is C17H13ClF2O. The Morgan fingerprint density at radius 2 is 1.86 bits per heavy atom. The lowest BCUT2D eigenvalue weighted by atomic mass is 10.2. The van der Waals surface area contributed by atoms with Crippen LogP contribution in [0.15, 0.2) is 42.5 Å². The summed E-state index contributed by atoms with van der Waals surface area (Å²) in [7, 11) is 0. The summed E-state index contributed by atoms with van der Waals surface area (Å²) in [4.78, 5) is 0. The maximum Gasteiger partial charge on any atom is 0.138 e. The van der Waals surface area contributed by atoms with Crippen LogP contribution in [-0.4, -0.2) is 5.88 Å². The molecule has 0 heterocycles. The normalized spacial score (nSPS) is 9.86. The molecule has 1 nitrogen and oxygen atoms in total. The monoisotopic (exact) mass is 306 g/mol. The smallest absolute Gasteiger partial charge is 0.138 e. The highest BCUT2D eigenvalue weighted by atomic mass is 35.5. The van der Waals surface area contributed by atoms with Gasteiger partial charge in [0.1, 0.15) is 24.0 Å². The minimum atomic E-state index is -0.410. The van der Waals surface area contributed by atoms with Crippen molar-refractivity contribution in [2.45, 2.75) is 13.0 Å². The highest BCUT2D eigenvalue weighted by Gasteiger charge is 2.04. The van der Waals surface area contributed by atoms with Gasteiger partial charge >= 0.3 is 0 Å². The van der Waals surface area contributed by atoms with Crippen LogP contribution in [0.1, 0.15) is 17.5 Å². The van der Waals surface area contributed by atoms with E-state index in [2.05, 4.69) is 11.8 Å². The fourth-order valence-electron chi connectivity index (χ4n) is 1.71. The van der Waals surface area contributed by atoms with Crippen LogP contribution >= 0.6 is 11.6 Å². The van der Waals surface area contributed by atoms with E-state index in [0.717, 1.165) is 0 Å². The van der Waals surface area contributed by atoms with E-state index < -0.39 is 5.82 Å². The van der Waals surface area contributed by atoms with Crippen molar-refractivity contribution in [3.8, 4) is 17.6 Å². The third kappa shape index (κ3) is 4.77. The minimum absolute atomic E-state index is 0.144. The van der Waals surface area contributed by atoms with Gasteiger partial charge in [0.15, 0.2) is 0 Å². The Balaban J connectivity index is 2.15. The van der Waals surface area contributed by atoms with Crippen molar-refractivity contribution in [3.05, 3.63) is 65.2 Å². The molecule has 0 aliphatic carbocycles. The summed E-state index contributed by atoms with van der Waals surface area (Å²) >= 11 is 5.56. The lowest BCUT2D eigenvalue weighted by Gasteiger charge is -2.08. The van der Waals surface area contributed by atoms with Gasteiger partial charge in [-0.2, -0.15) is 0 Å². The van der Waals surface area contributed by atoms with Crippen molar-refractivity contribution in [2.24, 2.45) is 0 Å². The van der Waals surface area contributed by atoms with Crippen molar-refractivity contribution in [3.63, 3.8) is 0 Å². The Bertz CT molecular complexity index is 674. The fraction of sp³-hybridized carbons (Fsp3) is 0.176. The number of alkyl halides is 1. The molecule has 0 atom stereocenters. The highest BCUT2D eigenvalue weighted by molar-refractivity contribution is 6.18. The molecule has 0 fully saturated rings. The van der Waals surface area contributed by atoms with Crippen LogP contribution in [0.25, 0.3) is 0 Å². The van der Waals surface area contributed by atoms with Gasteiger partial charge in [0.2, 0.25) is 0 Å². The van der Waals surface area contributed by atoms with E-state index in [1.807, 2.05) is 0 Å². The first kappa shape index (κ1) is 15.3. The highest BCUT2D eigenvalue weighted by Crippen LogP contribution is 2.20. The third-order valence-corrected chi connectivity index (χ3v) is 2.86. The molecule has 21 heavy (non-hydrogen) atoms. The fourth-order valence-corrected chi connectivity index (χ4v) is 1.81. The molecule has 0 N–H and O–H groups in total. The second-order valence-corrected chi connectivity index (χ2v) is 4.68. The summed E-state index contributed by atoms with van der Waals surface area (Å²) < 4.78 is 32.0. The van der Waals surface area contributed by atoms with Gasteiger partial charge in [-0.3, -0.25) is 0 Å². The molecule has 0 radical (unpaired) electrons. The Morgan fingerprint density at radius 1 is 1.05 bits per heavy atom. The number of hydrogen-bond acceptors (Lipinski definition) is 1. The first-order chi connectivity index (χ1) is 10.2. The summed E-state index contributed by atoms with van der Waals surface area (Å²) in [5.41, 5.74) is 1.25. The molecular weight excluding hydrogens is 294 g/mol. The maximum absolute atomic E-state index is 13.3. The van der Waals surface area contributed by atoms with Crippen molar-refractivity contribution in [2.75, 3.05) is 5.88 Å². The molecule has 2 rings (SSSR count). The average molecular weight is 307 g/mol. The molecule has 4 heteroatoms. The molecule has 0 aliphatic rings. The van der Waals surface area contributed by atoms with Gasteiger partial charge in [0, 0.05) is 18.4 Å². The minimum Gasteiger partial charge on any atom is -0.487 e. The van der Waals surface area contributed by atoms with Crippen LogP contribution in [0.2, 0.25) is 0 Å². The first-order valence-corrected chi connectivity index (χ1v) is 6.94. The van der Waals surface area contributed by atoms with E-state index in [4.69, 9.17) is 16.3 Å².